The van der Waals surface area contributed by atoms with Gasteiger partial charge in [-0.2, -0.15) is 0 Å². The molecular formula is C30H56O4. The van der Waals surface area contributed by atoms with Gasteiger partial charge in [0.25, 0.3) is 0 Å². The van der Waals surface area contributed by atoms with Gasteiger partial charge in [-0.25, -0.2) is 0 Å². The van der Waals surface area contributed by atoms with Gasteiger partial charge in [0, 0.05) is 0 Å². The van der Waals surface area contributed by atoms with E-state index in [0.717, 1.165) is 32.1 Å². The van der Waals surface area contributed by atoms with E-state index in [2.05, 4.69) is 19.1 Å². The number of unbranched alkanes of at least 4 members (excludes halogenated alkanes) is 17. The van der Waals surface area contributed by atoms with Gasteiger partial charge in [0.05, 0.1) is 18.9 Å². The zero-order chi connectivity index (χ0) is 25.1. The number of carboxylic acids is 1. The van der Waals surface area contributed by atoms with Crippen molar-refractivity contribution in [1.29, 1.82) is 0 Å². The van der Waals surface area contributed by atoms with Gasteiger partial charge in [0.15, 0.2) is 0 Å². The van der Waals surface area contributed by atoms with Crippen molar-refractivity contribution in [3.05, 3.63) is 12.2 Å². The number of ether oxygens (including phenoxy) is 1. The fraction of sp³-hybridized carbons (Fsp3) is 0.867. The van der Waals surface area contributed by atoms with E-state index in [1.54, 1.807) is 0 Å². The maximum atomic E-state index is 11.6. The Labute approximate surface area is 211 Å². The second kappa shape index (κ2) is 26.3. The molecule has 200 valence electrons. The maximum absolute atomic E-state index is 11.6. The Morgan fingerprint density at radius 1 is 0.647 bits per heavy atom. The molecule has 0 radical (unpaired) electrons. The minimum atomic E-state index is -0.883. The molecule has 0 bridgehead atoms. The Bertz CT molecular complexity index is 486. The standard InChI is InChI=1S/C30H56O4/c1-3-5-6-7-8-9-10-11-12-13-14-15-16-17-18-19-20-21-22-23-24-25-28(30(32)33)27-29(31)34-26-4-2/h17-18,28H,3-16,19-27H2,1-2H3,(H,32,33)/b18-17+. The Balaban J connectivity index is 3.41. The minimum Gasteiger partial charge on any atom is -0.481 e. The van der Waals surface area contributed by atoms with Crippen LogP contribution in [-0.4, -0.2) is 23.7 Å². The molecule has 0 saturated carbocycles. The molecule has 0 heterocycles. The zero-order valence-corrected chi connectivity index (χ0v) is 22.7. The van der Waals surface area contributed by atoms with Crippen molar-refractivity contribution in [1.82, 2.24) is 0 Å². The van der Waals surface area contributed by atoms with Crippen LogP contribution < -0.4 is 0 Å². The van der Waals surface area contributed by atoms with Gasteiger partial charge in [0.1, 0.15) is 0 Å². The average molecular weight is 481 g/mol. The van der Waals surface area contributed by atoms with Crippen LogP contribution in [0, 0.1) is 5.92 Å². The lowest BCUT2D eigenvalue weighted by Gasteiger charge is -2.11. The molecule has 0 aromatic heterocycles. The molecule has 4 nitrogen and oxygen atoms in total. The molecular weight excluding hydrogens is 424 g/mol. The molecule has 1 atom stereocenters. The molecule has 0 aromatic carbocycles. The SMILES string of the molecule is CCCCCCCCCCCCCC/C=C/CCCCCCCC(CC(=O)OCCC)C(=O)O. The van der Waals surface area contributed by atoms with Gasteiger partial charge in [-0.3, -0.25) is 9.59 Å². The van der Waals surface area contributed by atoms with E-state index in [4.69, 9.17) is 4.74 Å². The summed E-state index contributed by atoms with van der Waals surface area (Å²) in [6.07, 6.45) is 30.7. The van der Waals surface area contributed by atoms with Crippen LogP contribution in [0.15, 0.2) is 12.2 Å². The number of carboxylic acid groups (broad SMARTS) is 1. The Kier molecular flexibility index (Phi) is 25.3. The van der Waals surface area contributed by atoms with Gasteiger partial charge in [-0.15, -0.1) is 0 Å². The maximum Gasteiger partial charge on any atom is 0.307 e. The predicted octanol–water partition coefficient (Wildman–Crippen LogP) is 9.41. The third-order valence-corrected chi connectivity index (χ3v) is 6.54. The first-order valence-electron chi connectivity index (χ1n) is 14.6. The third kappa shape index (κ3) is 23.8. The normalized spacial score (nSPS) is 12.3. The molecule has 0 aliphatic heterocycles. The second-order valence-corrected chi connectivity index (χ2v) is 9.95. The van der Waals surface area contributed by atoms with Crippen LogP contribution in [-0.2, 0) is 14.3 Å². The summed E-state index contributed by atoms with van der Waals surface area (Å²) in [5.74, 6) is -1.87. The lowest BCUT2D eigenvalue weighted by atomic mass is 9.97. The third-order valence-electron chi connectivity index (χ3n) is 6.54. The largest absolute Gasteiger partial charge is 0.481 e. The smallest absolute Gasteiger partial charge is 0.307 e. The first-order chi connectivity index (χ1) is 16.6. The number of aliphatic carboxylic acids is 1. The highest BCUT2D eigenvalue weighted by Gasteiger charge is 2.21. The lowest BCUT2D eigenvalue weighted by Crippen LogP contribution is -2.19. The highest BCUT2D eigenvalue weighted by atomic mass is 16.5. The van der Waals surface area contributed by atoms with E-state index in [-0.39, 0.29) is 12.4 Å². The fourth-order valence-electron chi connectivity index (χ4n) is 4.31. The van der Waals surface area contributed by atoms with E-state index in [0.29, 0.717) is 13.0 Å². The van der Waals surface area contributed by atoms with Gasteiger partial charge < -0.3 is 9.84 Å². The van der Waals surface area contributed by atoms with Crippen molar-refractivity contribution >= 4 is 11.9 Å². The molecule has 0 spiro atoms. The molecule has 0 fully saturated rings. The van der Waals surface area contributed by atoms with Crippen LogP contribution in [0.2, 0.25) is 0 Å². The molecule has 1 N–H and O–H groups in total. The molecule has 1 unspecified atom stereocenters. The molecule has 0 aromatic rings. The van der Waals surface area contributed by atoms with Crippen LogP contribution in [0.25, 0.3) is 0 Å². The van der Waals surface area contributed by atoms with Crippen LogP contribution >= 0.6 is 0 Å². The van der Waals surface area contributed by atoms with Crippen LogP contribution in [0.1, 0.15) is 155 Å². The topological polar surface area (TPSA) is 63.6 Å². The summed E-state index contributed by atoms with van der Waals surface area (Å²) in [5.41, 5.74) is 0. The monoisotopic (exact) mass is 480 g/mol. The van der Waals surface area contributed by atoms with Gasteiger partial charge >= 0.3 is 11.9 Å². The highest BCUT2D eigenvalue weighted by molar-refractivity contribution is 5.78. The zero-order valence-electron chi connectivity index (χ0n) is 22.7. The van der Waals surface area contributed by atoms with Crippen molar-refractivity contribution in [2.24, 2.45) is 5.92 Å². The Morgan fingerprint density at radius 3 is 1.53 bits per heavy atom. The Hall–Kier alpha value is -1.32. The number of hydrogen-bond donors (Lipinski definition) is 1. The molecule has 0 amide bonds. The van der Waals surface area contributed by atoms with Crippen LogP contribution in [0.3, 0.4) is 0 Å². The minimum absolute atomic E-state index is 0.000673. The number of rotatable bonds is 26. The summed E-state index contributed by atoms with van der Waals surface area (Å²) in [6.45, 7) is 4.58. The van der Waals surface area contributed by atoms with Crippen molar-refractivity contribution in [3.63, 3.8) is 0 Å². The van der Waals surface area contributed by atoms with Crippen molar-refractivity contribution in [3.8, 4) is 0 Å². The molecule has 4 heteroatoms. The highest BCUT2D eigenvalue weighted by Crippen LogP contribution is 2.17. The lowest BCUT2D eigenvalue weighted by molar-refractivity contribution is -0.151. The summed E-state index contributed by atoms with van der Waals surface area (Å²) in [4.78, 5) is 23.0. The molecule has 0 saturated heterocycles. The van der Waals surface area contributed by atoms with E-state index >= 15 is 0 Å². The van der Waals surface area contributed by atoms with Crippen LogP contribution in [0.5, 0.6) is 0 Å². The van der Waals surface area contributed by atoms with E-state index in [9.17, 15) is 14.7 Å². The fourth-order valence-corrected chi connectivity index (χ4v) is 4.31. The Morgan fingerprint density at radius 2 is 1.09 bits per heavy atom. The first kappa shape index (κ1) is 32.7. The van der Waals surface area contributed by atoms with E-state index in [1.807, 2.05) is 6.92 Å². The number of hydrogen-bond acceptors (Lipinski definition) is 3. The van der Waals surface area contributed by atoms with Gasteiger partial charge in [0.2, 0.25) is 0 Å². The van der Waals surface area contributed by atoms with E-state index < -0.39 is 11.9 Å². The van der Waals surface area contributed by atoms with Crippen molar-refractivity contribution < 1.29 is 19.4 Å². The quantitative estimate of drug-likeness (QED) is 0.0760. The van der Waals surface area contributed by atoms with Crippen molar-refractivity contribution in [2.75, 3.05) is 6.61 Å². The second-order valence-electron chi connectivity index (χ2n) is 9.95. The summed E-state index contributed by atoms with van der Waals surface area (Å²) in [6, 6.07) is 0. The summed E-state index contributed by atoms with van der Waals surface area (Å²) in [5, 5.41) is 9.30. The summed E-state index contributed by atoms with van der Waals surface area (Å²) in [7, 11) is 0. The van der Waals surface area contributed by atoms with Crippen LogP contribution in [0.4, 0.5) is 0 Å². The molecule has 0 aliphatic carbocycles. The van der Waals surface area contributed by atoms with Crippen molar-refractivity contribution in [2.45, 2.75) is 155 Å². The van der Waals surface area contributed by atoms with E-state index in [1.165, 1.54) is 96.3 Å². The average Bonchev–Trinajstić information content (AvgIpc) is 2.82. The summed E-state index contributed by atoms with van der Waals surface area (Å²) >= 11 is 0. The predicted molar refractivity (Wildman–Crippen MR) is 144 cm³/mol. The number of allylic oxidation sites excluding steroid dienone is 2. The number of carbonyl (C=O) groups is 2. The number of esters is 1. The molecule has 0 aliphatic rings. The molecule has 0 rings (SSSR count). The van der Waals surface area contributed by atoms with Gasteiger partial charge in [-0.1, -0.05) is 122 Å². The first-order valence-corrected chi connectivity index (χ1v) is 14.6. The molecule has 34 heavy (non-hydrogen) atoms. The van der Waals surface area contributed by atoms with Gasteiger partial charge in [-0.05, 0) is 38.5 Å². The number of carbonyl (C=O) groups excluding carboxylic acids is 1. The summed E-state index contributed by atoms with van der Waals surface area (Å²) < 4.78 is 5.01.